The van der Waals surface area contributed by atoms with E-state index >= 15 is 0 Å². The molecule has 7 nitrogen and oxygen atoms in total. The number of halogens is 1. The maximum Gasteiger partial charge on any atom is 0.257 e. The fourth-order valence-corrected chi connectivity index (χ4v) is 2.30. The average molecular weight is 358 g/mol. The molecule has 1 N–H and O–H groups in total. The van der Waals surface area contributed by atoms with Gasteiger partial charge >= 0.3 is 0 Å². The minimum absolute atomic E-state index is 0.0369. The van der Waals surface area contributed by atoms with Gasteiger partial charge in [0.15, 0.2) is 6.61 Å². The minimum atomic E-state index is -0.168. The molecule has 0 spiro atoms. The monoisotopic (exact) mass is 357 g/mol. The molecule has 1 heterocycles. The van der Waals surface area contributed by atoms with E-state index in [1.165, 1.54) is 11.0 Å². The number of hydrogen-bond donors (Lipinski definition) is 1. The van der Waals surface area contributed by atoms with E-state index in [2.05, 4.69) is 20.8 Å². The minimum Gasteiger partial charge on any atom is -0.484 e. The molecule has 8 heteroatoms. The highest BCUT2D eigenvalue weighted by Crippen LogP contribution is 2.14. The van der Waals surface area contributed by atoms with Gasteiger partial charge in [-0.05, 0) is 58.8 Å². The first-order valence-corrected chi connectivity index (χ1v) is 8.06. The number of rotatable bonds is 7. The van der Waals surface area contributed by atoms with Crippen molar-refractivity contribution in [3.63, 3.8) is 0 Å². The van der Waals surface area contributed by atoms with Gasteiger partial charge in [-0.25, -0.2) is 4.68 Å². The number of tetrazole rings is 1. The molecule has 0 bridgehead atoms. The Labute approximate surface area is 149 Å². The molecule has 0 aliphatic heterocycles. The maximum atomic E-state index is 11.8. The van der Waals surface area contributed by atoms with Gasteiger partial charge in [0.1, 0.15) is 12.1 Å². The molecule has 3 rings (SSSR count). The van der Waals surface area contributed by atoms with Gasteiger partial charge in [-0.2, -0.15) is 0 Å². The molecule has 0 aliphatic rings. The Morgan fingerprint density at radius 1 is 1.12 bits per heavy atom. The van der Waals surface area contributed by atoms with Crippen LogP contribution in [0, 0.1) is 0 Å². The van der Waals surface area contributed by atoms with Crippen LogP contribution < -0.4 is 10.1 Å². The van der Waals surface area contributed by atoms with Crippen molar-refractivity contribution in [2.24, 2.45) is 0 Å². The van der Waals surface area contributed by atoms with Gasteiger partial charge in [-0.1, -0.05) is 23.7 Å². The molecule has 128 valence electrons. The van der Waals surface area contributed by atoms with Crippen LogP contribution in [-0.4, -0.2) is 39.3 Å². The van der Waals surface area contributed by atoms with Crippen molar-refractivity contribution in [3.8, 4) is 11.4 Å². The average Bonchev–Trinajstić information content (AvgIpc) is 3.17. The standard InChI is InChI=1S/C17H16ClN5O2/c18-14-3-1-13(2-4-14)9-10-19-17(24)11-25-16-7-5-15(6-8-16)23-12-20-21-22-23/h1-8,12H,9-11H2,(H,19,24). The van der Waals surface area contributed by atoms with Crippen LogP contribution in [-0.2, 0) is 11.2 Å². The predicted molar refractivity (Wildman–Crippen MR) is 92.8 cm³/mol. The molecular weight excluding hydrogens is 342 g/mol. The van der Waals surface area contributed by atoms with Crippen molar-refractivity contribution in [3.05, 3.63) is 65.4 Å². The molecule has 0 saturated heterocycles. The molecule has 0 atom stereocenters. The van der Waals surface area contributed by atoms with E-state index in [1.807, 2.05) is 36.4 Å². The Hall–Kier alpha value is -2.93. The van der Waals surface area contributed by atoms with Crippen LogP contribution in [0.4, 0.5) is 0 Å². The summed E-state index contributed by atoms with van der Waals surface area (Å²) in [6.45, 7) is 0.507. The van der Waals surface area contributed by atoms with Crippen LogP contribution in [0.3, 0.4) is 0 Å². The van der Waals surface area contributed by atoms with Crippen LogP contribution in [0.25, 0.3) is 5.69 Å². The van der Waals surface area contributed by atoms with Crippen LogP contribution in [0.2, 0.25) is 5.02 Å². The Bertz CT molecular complexity index is 804. The van der Waals surface area contributed by atoms with Crippen molar-refractivity contribution in [1.29, 1.82) is 0 Å². The molecule has 0 unspecified atom stereocenters. The second-order valence-corrected chi connectivity index (χ2v) is 5.70. The maximum absolute atomic E-state index is 11.8. The fourth-order valence-electron chi connectivity index (χ4n) is 2.17. The predicted octanol–water partition coefficient (Wildman–Crippen LogP) is 2.05. The molecule has 1 aromatic heterocycles. The quantitative estimate of drug-likeness (QED) is 0.700. The molecule has 2 aromatic carbocycles. The Balaban J connectivity index is 1.40. The number of amides is 1. The first-order valence-electron chi connectivity index (χ1n) is 7.68. The van der Waals surface area contributed by atoms with E-state index in [-0.39, 0.29) is 12.5 Å². The largest absolute Gasteiger partial charge is 0.484 e. The zero-order chi connectivity index (χ0) is 17.5. The zero-order valence-corrected chi connectivity index (χ0v) is 14.1. The van der Waals surface area contributed by atoms with Crippen LogP contribution >= 0.6 is 11.6 Å². The molecule has 3 aromatic rings. The second kappa shape index (κ2) is 8.25. The third-order valence-corrected chi connectivity index (χ3v) is 3.72. The number of ether oxygens (including phenoxy) is 1. The summed E-state index contributed by atoms with van der Waals surface area (Å²) >= 11 is 5.84. The summed E-state index contributed by atoms with van der Waals surface area (Å²) in [5, 5.41) is 14.5. The third-order valence-electron chi connectivity index (χ3n) is 3.47. The molecule has 0 fully saturated rings. The number of carbonyl (C=O) groups is 1. The van der Waals surface area contributed by atoms with Crippen molar-refractivity contribution in [2.75, 3.05) is 13.2 Å². The van der Waals surface area contributed by atoms with Gasteiger partial charge in [0, 0.05) is 11.6 Å². The number of nitrogens with zero attached hydrogens (tertiary/aromatic N) is 4. The Kier molecular flexibility index (Phi) is 5.58. The van der Waals surface area contributed by atoms with Gasteiger partial charge in [0.25, 0.3) is 5.91 Å². The van der Waals surface area contributed by atoms with Crippen molar-refractivity contribution < 1.29 is 9.53 Å². The molecule has 25 heavy (non-hydrogen) atoms. The van der Waals surface area contributed by atoms with E-state index in [1.54, 1.807) is 12.1 Å². The highest BCUT2D eigenvalue weighted by Gasteiger charge is 2.04. The lowest BCUT2D eigenvalue weighted by atomic mass is 10.1. The molecule has 0 radical (unpaired) electrons. The second-order valence-electron chi connectivity index (χ2n) is 5.26. The normalized spacial score (nSPS) is 10.4. The van der Waals surface area contributed by atoms with Crippen LogP contribution in [0.5, 0.6) is 5.75 Å². The van der Waals surface area contributed by atoms with Crippen LogP contribution in [0.15, 0.2) is 54.9 Å². The molecular formula is C17H16ClN5O2. The summed E-state index contributed by atoms with van der Waals surface area (Å²) in [7, 11) is 0. The SMILES string of the molecule is O=C(COc1ccc(-n2cnnn2)cc1)NCCc1ccc(Cl)cc1. The first kappa shape index (κ1) is 16.9. The lowest BCUT2D eigenvalue weighted by Crippen LogP contribution is -2.30. The summed E-state index contributed by atoms with van der Waals surface area (Å²) in [5.41, 5.74) is 1.92. The highest BCUT2D eigenvalue weighted by atomic mass is 35.5. The summed E-state index contributed by atoms with van der Waals surface area (Å²) in [4.78, 5) is 11.8. The van der Waals surface area contributed by atoms with E-state index in [9.17, 15) is 4.79 Å². The van der Waals surface area contributed by atoms with Gasteiger partial charge in [-0.3, -0.25) is 4.79 Å². The van der Waals surface area contributed by atoms with Crippen LogP contribution in [0.1, 0.15) is 5.56 Å². The lowest BCUT2D eigenvalue weighted by molar-refractivity contribution is -0.123. The zero-order valence-electron chi connectivity index (χ0n) is 13.3. The van der Waals surface area contributed by atoms with Crippen molar-refractivity contribution in [1.82, 2.24) is 25.5 Å². The molecule has 0 aliphatic carbocycles. The lowest BCUT2D eigenvalue weighted by Gasteiger charge is -2.08. The first-order chi connectivity index (χ1) is 12.2. The number of nitrogens with one attached hydrogen (secondary N) is 1. The van der Waals surface area contributed by atoms with Gasteiger partial charge < -0.3 is 10.1 Å². The van der Waals surface area contributed by atoms with E-state index in [0.717, 1.165) is 17.7 Å². The summed E-state index contributed by atoms with van der Waals surface area (Å²) in [6, 6.07) is 14.7. The number of benzene rings is 2. The molecule has 0 saturated carbocycles. The molecule has 1 amide bonds. The van der Waals surface area contributed by atoms with E-state index in [4.69, 9.17) is 16.3 Å². The number of aromatic nitrogens is 4. The van der Waals surface area contributed by atoms with Gasteiger partial charge in [-0.15, -0.1) is 5.10 Å². The van der Waals surface area contributed by atoms with E-state index < -0.39 is 0 Å². The Morgan fingerprint density at radius 2 is 1.88 bits per heavy atom. The van der Waals surface area contributed by atoms with E-state index in [0.29, 0.717) is 17.3 Å². The van der Waals surface area contributed by atoms with Gasteiger partial charge in [0.05, 0.1) is 5.69 Å². The fraction of sp³-hybridized carbons (Fsp3) is 0.176. The van der Waals surface area contributed by atoms with Crippen molar-refractivity contribution in [2.45, 2.75) is 6.42 Å². The smallest absolute Gasteiger partial charge is 0.257 e. The van der Waals surface area contributed by atoms with Crippen molar-refractivity contribution >= 4 is 17.5 Å². The number of carbonyl (C=O) groups excluding carboxylic acids is 1. The number of hydrogen-bond acceptors (Lipinski definition) is 5. The summed E-state index contributed by atoms with van der Waals surface area (Å²) < 4.78 is 7.00. The Morgan fingerprint density at radius 3 is 2.56 bits per heavy atom. The summed E-state index contributed by atoms with van der Waals surface area (Å²) in [6.07, 6.45) is 2.24. The third kappa shape index (κ3) is 5.02. The topological polar surface area (TPSA) is 81.9 Å². The summed E-state index contributed by atoms with van der Waals surface area (Å²) in [5.74, 6) is 0.434. The highest BCUT2D eigenvalue weighted by molar-refractivity contribution is 6.30. The van der Waals surface area contributed by atoms with Gasteiger partial charge in [0.2, 0.25) is 0 Å².